The van der Waals surface area contributed by atoms with E-state index in [-0.39, 0.29) is 5.92 Å². The van der Waals surface area contributed by atoms with Crippen LogP contribution in [0.25, 0.3) is 0 Å². The Morgan fingerprint density at radius 2 is 1.49 bits per heavy atom. The summed E-state index contributed by atoms with van der Waals surface area (Å²) in [5.41, 5.74) is 7.90. The number of nitrogens with zero attached hydrogens (tertiary/aromatic N) is 1. The molecule has 1 heterocycles. The molecular formula is C37H43NO. The molecule has 0 amide bonds. The van der Waals surface area contributed by atoms with Gasteiger partial charge in [-0.3, -0.25) is 0 Å². The van der Waals surface area contributed by atoms with Gasteiger partial charge in [0.2, 0.25) is 0 Å². The molecule has 3 aromatic carbocycles. The highest BCUT2D eigenvalue weighted by Gasteiger charge is 2.21. The number of unbranched alkanes of at least 4 members (excludes halogenated alkanes) is 1. The van der Waals surface area contributed by atoms with Crippen molar-refractivity contribution in [3.63, 3.8) is 0 Å². The molecule has 1 aliphatic rings. The molecule has 1 aliphatic heterocycles. The second kappa shape index (κ2) is 15.0. The topological polar surface area (TPSA) is 23.5 Å². The maximum absolute atomic E-state index is 10.1. The van der Waals surface area contributed by atoms with Crippen molar-refractivity contribution < 1.29 is 5.11 Å². The first-order valence-electron chi connectivity index (χ1n) is 14.6. The van der Waals surface area contributed by atoms with Gasteiger partial charge in [-0.05, 0) is 72.1 Å². The van der Waals surface area contributed by atoms with Gasteiger partial charge in [-0.1, -0.05) is 117 Å². The Bertz CT molecular complexity index is 1240. The minimum absolute atomic E-state index is 0.203. The third-order valence-corrected chi connectivity index (χ3v) is 7.29. The Hall–Kier alpha value is -3.78. The van der Waals surface area contributed by atoms with Crippen molar-refractivity contribution >= 4 is 0 Å². The van der Waals surface area contributed by atoms with Crippen LogP contribution in [-0.2, 0) is 12.8 Å². The summed E-state index contributed by atoms with van der Waals surface area (Å²) in [6, 6.07) is 30.5. The highest BCUT2D eigenvalue weighted by molar-refractivity contribution is 5.48. The molecule has 0 fully saturated rings. The van der Waals surface area contributed by atoms with Crippen molar-refractivity contribution in [3.05, 3.63) is 155 Å². The van der Waals surface area contributed by atoms with Crippen molar-refractivity contribution in [1.29, 1.82) is 0 Å². The van der Waals surface area contributed by atoms with Crippen molar-refractivity contribution in [2.75, 3.05) is 6.54 Å². The highest BCUT2D eigenvalue weighted by atomic mass is 16.3. The van der Waals surface area contributed by atoms with Crippen LogP contribution in [0.4, 0.5) is 0 Å². The summed E-state index contributed by atoms with van der Waals surface area (Å²) >= 11 is 0. The Kier molecular flexibility index (Phi) is 10.8. The summed E-state index contributed by atoms with van der Waals surface area (Å²) in [6.07, 6.45) is 18.0. The first kappa shape index (κ1) is 28.2. The molecule has 2 nitrogen and oxygen atoms in total. The molecule has 0 saturated heterocycles. The van der Waals surface area contributed by atoms with Crippen LogP contribution in [0.1, 0.15) is 74.1 Å². The van der Waals surface area contributed by atoms with Gasteiger partial charge < -0.3 is 10.0 Å². The molecule has 0 spiro atoms. The number of hydrogen-bond donors (Lipinski definition) is 1. The molecule has 4 rings (SSSR count). The van der Waals surface area contributed by atoms with E-state index in [2.05, 4.69) is 128 Å². The molecule has 202 valence electrons. The fourth-order valence-electron chi connectivity index (χ4n) is 5.28. The van der Waals surface area contributed by atoms with Crippen molar-refractivity contribution in [2.45, 2.75) is 64.7 Å². The first-order chi connectivity index (χ1) is 19.2. The van der Waals surface area contributed by atoms with Crippen LogP contribution >= 0.6 is 0 Å². The van der Waals surface area contributed by atoms with E-state index in [0.29, 0.717) is 12.2 Å². The van der Waals surface area contributed by atoms with Crippen LogP contribution in [0.15, 0.2) is 132 Å². The minimum atomic E-state index is 0.203. The fraction of sp³-hybridized carbons (Fsp3) is 0.297. The largest absolute Gasteiger partial charge is 0.513 e. The van der Waals surface area contributed by atoms with Crippen molar-refractivity contribution in [3.8, 4) is 0 Å². The van der Waals surface area contributed by atoms with Crippen molar-refractivity contribution in [2.24, 2.45) is 0 Å². The average Bonchev–Trinajstić information content (AvgIpc) is 2.98. The van der Waals surface area contributed by atoms with Crippen LogP contribution in [0.5, 0.6) is 0 Å². The third-order valence-electron chi connectivity index (χ3n) is 7.29. The number of aliphatic hydroxyl groups excluding tert-OH is 1. The second-order valence-electron chi connectivity index (χ2n) is 10.4. The molecule has 0 saturated carbocycles. The SMILES string of the molecule is CC/C=C1/C=CC(C(c2ccccc2)c2ccccc2)=CN1CCCc1cccc(CCC(O)=CCCC)c1. The molecule has 0 aliphatic carbocycles. The number of aliphatic hydroxyl groups is 1. The molecule has 0 radical (unpaired) electrons. The second-order valence-corrected chi connectivity index (χ2v) is 10.4. The van der Waals surface area contributed by atoms with E-state index in [0.717, 1.165) is 45.1 Å². The zero-order valence-corrected chi connectivity index (χ0v) is 23.6. The van der Waals surface area contributed by atoms with Gasteiger partial charge >= 0.3 is 0 Å². The molecule has 2 heteroatoms. The van der Waals surface area contributed by atoms with E-state index < -0.39 is 0 Å². The molecule has 3 aromatic rings. The molecular weight excluding hydrogens is 474 g/mol. The van der Waals surface area contributed by atoms with Crippen LogP contribution in [0, 0.1) is 0 Å². The lowest BCUT2D eigenvalue weighted by Crippen LogP contribution is -2.22. The number of rotatable bonds is 13. The van der Waals surface area contributed by atoms with E-state index in [1.54, 1.807) is 0 Å². The predicted octanol–water partition coefficient (Wildman–Crippen LogP) is 9.68. The van der Waals surface area contributed by atoms with E-state index in [4.69, 9.17) is 0 Å². The van der Waals surface area contributed by atoms with Crippen LogP contribution in [0.2, 0.25) is 0 Å². The summed E-state index contributed by atoms with van der Waals surface area (Å²) in [5, 5.41) is 10.1. The number of hydrogen-bond acceptors (Lipinski definition) is 2. The maximum atomic E-state index is 10.1. The molecule has 0 bridgehead atoms. The predicted molar refractivity (Wildman–Crippen MR) is 166 cm³/mol. The van der Waals surface area contributed by atoms with Crippen LogP contribution in [-0.4, -0.2) is 16.6 Å². The van der Waals surface area contributed by atoms with E-state index in [9.17, 15) is 5.11 Å². The summed E-state index contributed by atoms with van der Waals surface area (Å²) < 4.78 is 0. The molecule has 39 heavy (non-hydrogen) atoms. The summed E-state index contributed by atoms with van der Waals surface area (Å²) in [4.78, 5) is 2.44. The normalized spacial score (nSPS) is 14.7. The maximum Gasteiger partial charge on any atom is 0.0886 e. The fourth-order valence-corrected chi connectivity index (χ4v) is 5.28. The third kappa shape index (κ3) is 8.35. The lowest BCUT2D eigenvalue weighted by atomic mass is 9.84. The number of benzene rings is 3. The Labute approximate surface area is 235 Å². The summed E-state index contributed by atoms with van der Waals surface area (Å²) in [5.74, 6) is 0.719. The smallest absolute Gasteiger partial charge is 0.0886 e. The van der Waals surface area contributed by atoms with E-state index in [1.165, 1.54) is 33.5 Å². The van der Waals surface area contributed by atoms with Gasteiger partial charge in [0.25, 0.3) is 0 Å². The van der Waals surface area contributed by atoms with Gasteiger partial charge in [0.15, 0.2) is 0 Å². The first-order valence-corrected chi connectivity index (χ1v) is 14.6. The molecule has 0 aromatic heterocycles. The van der Waals surface area contributed by atoms with Crippen molar-refractivity contribution in [1.82, 2.24) is 4.90 Å². The summed E-state index contributed by atoms with van der Waals surface area (Å²) in [7, 11) is 0. The Morgan fingerprint density at radius 1 is 0.821 bits per heavy atom. The summed E-state index contributed by atoms with van der Waals surface area (Å²) in [6.45, 7) is 5.31. The lowest BCUT2D eigenvalue weighted by Gasteiger charge is -2.30. The van der Waals surface area contributed by atoms with Crippen LogP contribution < -0.4 is 0 Å². The molecule has 0 atom stereocenters. The molecule has 0 unspecified atom stereocenters. The number of allylic oxidation sites excluding steroid dienone is 6. The molecule has 1 N–H and O–H groups in total. The average molecular weight is 518 g/mol. The quantitative estimate of drug-likeness (QED) is 0.228. The Balaban J connectivity index is 1.46. The lowest BCUT2D eigenvalue weighted by molar-refractivity contribution is 0.385. The van der Waals surface area contributed by atoms with Gasteiger partial charge in [-0.2, -0.15) is 0 Å². The monoisotopic (exact) mass is 517 g/mol. The highest BCUT2D eigenvalue weighted by Crippen LogP contribution is 2.35. The zero-order valence-electron chi connectivity index (χ0n) is 23.6. The number of aryl methyl sites for hydroxylation is 2. The van der Waals surface area contributed by atoms with Crippen LogP contribution in [0.3, 0.4) is 0 Å². The van der Waals surface area contributed by atoms with Gasteiger partial charge in [0, 0.05) is 30.8 Å². The zero-order chi connectivity index (χ0) is 27.3. The van der Waals surface area contributed by atoms with E-state index in [1.807, 2.05) is 6.08 Å². The van der Waals surface area contributed by atoms with Gasteiger partial charge in [0.05, 0.1) is 5.76 Å². The minimum Gasteiger partial charge on any atom is -0.513 e. The van der Waals surface area contributed by atoms with Gasteiger partial charge in [-0.25, -0.2) is 0 Å². The van der Waals surface area contributed by atoms with Gasteiger partial charge in [-0.15, -0.1) is 0 Å². The van der Waals surface area contributed by atoms with E-state index >= 15 is 0 Å². The standard InChI is InChI=1S/C37H43NO/c1-3-5-22-36(39)26-23-31-16-12-15-30(28-31)17-13-27-38-29-34(24-25-35(38)14-4-2)37(32-18-8-6-9-19-32)33-20-10-7-11-21-33/h6-12,14-16,18-22,24-25,28-29,37,39H,3-5,13,17,23,26-27H2,1-2H3/b35-14-,36-22?. The van der Waals surface area contributed by atoms with Gasteiger partial charge in [0.1, 0.15) is 0 Å². The Morgan fingerprint density at radius 3 is 2.13 bits per heavy atom.